The number of hydrogen-bond donors (Lipinski definition) is 0. The predicted octanol–water partition coefficient (Wildman–Crippen LogP) is 36.0. The quantitative estimate of drug-likeness (QED) is 0.108. The summed E-state index contributed by atoms with van der Waals surface area (Å²) in [5.41, 5.74) is 45.2. The Morgan fingerprint density at radius 2 is 0.353 bits per heavy atom. The molecular formula is C141H101N9. The van der Waals surface area contributed by atoms with Crippen LogP contribution in [0.2, 0.25) is 0 Å². The molecule has 0 unspecified atom stereocenters. The van der Waals surface area contributed by atoms with Crippen molar-refractivity contribution in [2.45, 2.75) is 57.8 Å². The van der Waals surface area contributed by atoms with Crippen molar-refractivity contribution in [3.63, 3.8) is 0 Å². The largest absolute Gasteiger partial charge is 0.309 e. The molecule has 20 aromatic carbocycles. The number of aromatic nitrogens is 9. The van der Waals surface area contributed by atoms with Crippen LogP contribution in [0.15, 0.2) is 504 Å². The molecule has 150 heavy (non-hydrogen) atoms. The minimum absolute atomic E-state index is 0.215. The molecule has 3 aliphatic carbocycles. The summed E-state index contributed by atoms with van der Waals surface area (Å²) in [4.78, 5) is 31.8. The fourth-order valence-electron chi connectivity index (χ4n) is 23.8. The maximum absolute atomic E-state index is 5.39. The van der Waals surface area contributed by atoms with Crippen molar-refractivity contribution in [2.75, 3.05) is 0 Å². The van der Waals surface area contributed by atoms with Gasteiger partial charge < -0.3 is 13.7 Å². The third-order valence-corrected chi connectivity index (χ3v) is 31.2. The van der Waals surface area contributed by atoms with Crippen LogP contribution in [0.3, 0.4) is 0 Å². The van der Waals surface area contributed by atoms with E-state index in [0.717, 1.165) is 90.6 Å². The van der Waals surface area contributed by atoms with Crippen LogP contribution < -0.4 is 0 Å². The zero-order chi connectivity index (χ0) is 100. The minimum atomic E-state index is -0.248. The van der Waals surface area contributed by atoms with E-state index >= 15 is 0 Å². The lowest BCUT2D eigenvalue weighted by atomic mass is 9.80. The van der Waals surface area contributed by atoms with Gasteiger partial charge in [-0.3, -0.25) is 0 Å². The van der Waals surface area contributed by atoms with Gasteiger partial charge in [0.05, 0.1) is 67.3 Å². The summed E-state index contributed by atoms with van der Waals surface area (Å²) in [7, 11) is 0. The maximum Gasteiger partial charge on any atom is 0.160 e. The highest BCUT2D eigenvalue weighted by Gasteiger charge is 2.44. The molecule has 3 aliphatic rings. The van der Waals surface area contributed by atoms with Gasteiger partial charge in [0.2, 0.25) is 0 Å². The summed E-state index contributed by atoms with van der Waals surface area (Å²) >= 11 is 0. The van der Waals surface area contributed by atoms with Gasteiger partial charge in [-0.15, -0.1) is 0 Å². The molecule has 0 saturated heterocycles. The van der Waals surface area contributed by atoms with Crippen molar-refractivity contribution >= 4 is 65.4 Å². The molecule has 9 heteroatoms. The molecule has 0 amide bonds. The molecule has 0 spiro atoms. The maximum atomic E-state index is 5.39. The van der Waals surface area contributed by atoms with Crippen LogP contribution in [-0.2, 0) is 16.2 Å². The predicted molar refractivity (Wildman–Crippen MR) is 622 cm³/mol. The van der Waals surface area contributed by atoms with Crippen molar-refractivity contribution in [2.24, 2.45) is 0 Å². The summed E-state index contributed by atoms with van der Waals surface area (Å²) in [5.74, 6) is 2.24. The summed E-state index contributed by atoms with van der Waals surface area (Å²) < 4.78 is 7.08. The lowest BCUT2D eigenvalue weighted by Gasteiger charge is -2.24. The number of rotatable bonds is 14. The van der Waals surface area contributed by atoms with Gasteiger partial charge in [0.1, 0.15) is 0 Å². The van der Waals surface area contributed by atoms with Gasteiger partial charge in [-0.2, -0.15) is 0 Å². The number of hydrogen-bond acceptors (Lipinski definition) is 6. The van der Waals surface area contributed by atoms with Crippen LogP contribution in [-0.4, -0.2) is 43.6 Å². The number of para-hydroxylation sites is 6. The molecule has 0 saturated carbocycles. The first kappa shape index (κ1) is 89.9. The van der Waals surface area contributed by atoms with Crippen LogP contribution in [0.5, 0.6) is 0 Å². The Morgan fingerprint density at radius 3 is 0.687 bits per heavy atom. The molecular weight excluding hydrogens is 1820 g/mol. The lowest BCUT2D eigenvalue weighted by molar-refractivity contribution is 0.657. The Labute approximate surface area is 871 Å². The molecule has 0 aliphatic heterocycles. The fourth-order valence-corrected chi connectivity index (χ4v) is 23.8. The first-order valence-electron chi connectivity index (χ1n) is 51.7. The van der Waals surface area contributed by atoms with Gasteiger partial charge in [-0.25, -0.2) is 29.9 Å². The average Bonchev–Trinajstić information content (AvgIpc) is 1.58. The fraction of sp³-hybridized carbons (Fsp3) is 0.0638. The Balaban J connectivity index is 0.000000111. The molecule has 0 N–H and O–H groups in total. The van der Waals surface area contributed by atoms with Crippen LogP contribution in [0.1, 0.15) is 74.9 Å². The molecule has 29 rings (SSSR count). The zero-order valence-electron chi connectivity index (χ0n) is 83.9. The first-order valence-corrected chi connectivity index (χ1v) is 51.7. The average molecular weight is 1920 g/mol. The van der Waals surface area contributed by atoms with E-state index in [9.17, 15) is 0 Å². The lowest BCUT2D eigenvalue weighted by Crippen LogP contribution is -2.17. The summed E-state index contributed by atoms with van der Waals surface area (Å²) in [6.45, 7) is 13.8. The van der Waals surface area contributed by atoms with Crippen LogP contribution in [0.4, 0.5) is 0 Å². The zero-order valence-corrected chi connectivity index (χ0v) is 83.9. The third kappa shape index (κ3) is 15.3. The molecule has 26 aromatic rings. The molecule has 6 aromatic heterocycles. The van der Waals surface area contributed by atoms with E-state index in [0.29, 0.717) is 0 Å². The Morgan fingerprint density at radius 1 is 0.147 bits per heavy atom. The standard InChI is InChI=1S/2C49H35N3.C43H31N3/c1-49(2)42-22-11-9-21-40(42)47-45(49)46(50-48(51-47)37-17-13-16-35(30-37)32-14-5-3-6-15-32)34-26-24-33(25-27-34)36-28-29-44-41(31-36)39-20-10-12-23-43(39)52(44)38-18-7-4-8-19-38;1-49(2)42-19-11-9-18-40(42)47-45(49)46(50-48(51-47)36-27-23-33(24-28-36)32-13-5-3-6-14-32)35-25-21-34(22-26-35)37-29-30-44-41(31-37)39-17-10-12-20-43(39)52(44)38-15-7-4-8-16-38;1-43(2)36-19-11-9-18-34(36)41-39(43)40(44-42(45-41)30-13-5-3-6-14-30)29-23-21-28(22-24-29)31-25-26-38-35(27-31)33-17-10-12-20-37(33)46(38)32-15-7-4-8-16-32/h2*3-31H,1-2H3;3-27H,1-2H3. The molecule has 0 fully saturated rings. The Kier molecular flexibility index (Phi) is 21.8. The molecule has 0 bridgehead atoms. The summed E-state index contributed by atoms with van der Waals surface area (Å²) in [6.07, 6.45) is 0. The third-order valence-electron chi connectivity index (χ3n) is 31.2. The monoisotopic (exact) mass is 1920 g/mol. The van der Waals surface area contributed by atoms with Crippen molar-refractivity contribution in [3.8, 4) is 174 Å². The molecule has 6 heterocycles. The SMILES string of the molecule is CC1(C)c2ccccc2-c2nc(-c3ccc(-c4ccccc4)cc3)nc(-c3ccc(-c4ccc5c(c4)c4ccccc4n5-c4ccccc4)cc3)c21.CC1(C)c2ccccc2-c2nc(-c3cccc(-c4ccccc4)c3)nc(-c3ccc(-c4ccc5c(c4)c4ccccc4n5-c4ccccc4)cc3)c21.CC1(C)c2ccccc2-c2nc(-c3ccccc3)nc(-c3ccc(-c4ccc5c(c4)c4ccccc4n5-c4ccccc4)cc3)c21. The van der Waals surface area contributed by atoms with Gasteiger partial charge in [-0.1, -0.05) is 448 Å². The molecule has 0 radical (unpaired) electrons. The van der Waals surface area contributed by atoms with E-state index in [4.69, 9.17) is 29.9 Å². The molecule has 710 valence electrons. The van der Waals surface area contributed by atoms with Crippen molar-refractivity contribution in [1.82, 2.24) is 43.6 Å². The van der Waals surface area contributed by atoms with E-state index in [1.165, 1.54) is 183 Å². The van der Waals surface area contributed by atoms with E-state index in [2.05, 4.69) is 534 Å². The topological polar surface area (TPSA) is 92.1 Å². The van der Waals surface area contributed by atoms with E-state index in [-0.39, 0.29) is 16.2 Å². The van der Waals surface area contributed by atoms with Crippen LogP contribution in [0.25, 0.3) is 240 Å². The van der Waals surface area contributed by atoms with Gasteiger partial charge in [0.15, 0.2) is 17.5 Å². The molecule has 9 nitrogen and oxygen atoms in total. The number of benzene rings is 20. The van der Waals surface area contributed by atoms with E-state index in [1.54, 1.807) is 0 Å². The smallest absolute Gasteiger partial charge is 0.160 e. The Bertz CT molecular complexity index is 9770. The summed E-state index contributed by atoms with van der Waals surface area (Å²) in [6, 6.07) is 180. The van der Waals surface area contributed by atoms with Gasteiger partial charge in [0.25, 0.3) is 0 Å². The highest BCUT2D eigenvalue weighted by Crippen LogP contribution is 2.56. The summed E-state index contributed by atoms with van der Waals surface area (Å²) in [5, 5.41) is 7.51. The van der Waals surface area contributed by atoms with Crippen molar-refractivity contribution < 1.29 is 0 Å². The second-order valence-electron chi connectivity index (χ2n) is 41.1. The van der Waals surface area contributed by atoms with Crippen molar-refractivity contribution in [1.29, 1.82) is 0 Å². The number of nitrogens with zero attached hydrogens (tertiary/aromatic N) is 9. The van der Waals surface area contributed by atoms with Crippen LogP contribution in [0, 0.1) is 0 Å². The van der Waals surface area contributed by atoms with Crippen LogP contribution >= 0.6 is 0 Å². The Hall–Kier alpha value is -19.0. The second-order valence-corrected chi connectivity index (χ2v) is 41.1. The van der Waals surface area contributed by atoms with E-state index in [1.807, 2.05) is 24.3 Å². The number of fused-ring (bicyclic) bond motifs is 18. The van der Waals surface area contributed by atoms with Gasteiger partial charge in [0, 0.05) is 132 Å². The van der Waals surface area contributed by atoms with E-state index < -0.39 is 0 Å². The molecule has 0 atom stereocenters. The second kappa shape index (κ2) is 36.4. The normalized spacial score (nSPS) is 13.0. The highest BCUT2D eigenvalue weighted by atomic mass is 15.0. The van der Waals surface area contributed by atoms with Crippen molar-refractivity contribution in [3.05, 3.63) is 537 Å². The minimum Gasteiger partial charge on any atom is -0.309 e. The van der Waals surface area contributed by atoms with Gasteiger partial charge >= 0.3 is 0 Å². The first-order chi connectivity index (χ1) is 73.7. The highest BCUT2D eigenvalue weighted by molar-refractivity contribution is 6.13. The van der Waals surface area contributed by atoms with Gasteiger partial charge in [-0.05, 0) is 169 Å².